The highest BCUT2D eigenvalue weighted by atomic mass is 19.1. The summed E-state index contributed by atoms with van der Waals surface area (Å²) >= 11 is 0. The fourth-order valence-electron chi connectivity index (χ4n) is 9.93. The summed E-state index contributed by atoms with van der Waals surface area (Å²) in [6.07, 6.45) is 17.4. The van der Waals surface area contributed by atoms with E-state index in [0.717, 1.165) is 44.3 Å². The molecule has 1 aliphatic carbocycles. The van der Waals surface area contributed by atoms with Gasteiger partial charge in [0.1, 0.15) is 35.2 Å². The first-order chi connectivity index (χ1) is 24.3. The first-order valence-corrected chi connectivity index (χ1v) is 17.8. The Bertz CT molecular complexity index is 2110. The van der Waals surface area contributed by atoms with Crippen molar-refractivity contribution in [2.75, 3.05) is 37.7 Å². The standard InChI is InChI=1S/C39H39F3N6O2/c1-2-28-31(41)9-8-24-14-27(49)15-29(32(24)28)34-33(42)35-30(18-43-34)36(47-20-26-10-12-39(21-47,46-26)25-6-3-4-7-25)45-37(44-35)50-22-38-11-5-13-48(38)19-23(16-38)17-40/h1,8-9,14-15,17-18,25-26,46,49H,3-7,10-13,16,19-22H2/b23-17+/t26-,38-,39+/m0/s1. The number of phenols is 1. The van der Waals surface area contributed by atoms with E-state index in [4.69, 9.17) is 16.1 Å². The summed E-state index contributed by atoms with van der Waals surface area (Å²) in [5, 5.41) is 15.8. The van der Waals surface area contributed by atoms with Crippen LogP contribution < -0.4 is 15.0 Å². The molecule has 8 nitrogen and oxygen atoms in total. The smallest absolute Gasteiger partial charge is 0.319 e. The van der Waals surface area contributed by atoms with Crippen LogP contribution in [0.15, 0.2) is 42.4 Å². The highest BCUT2D eigenvalue weighted by molar-refractivity contribution is 6.03. The lowest BCUT2D eigenvalue weighted by Crippen LogP contribution is -2.62. The molecule has 9 rings (SSSR count). The van der Waals surface area contributed by atoms with Crippen molar-refractivity contribution in [2.45, 2.75) is 74.9 Å². The summed E-state index contributed by atoms with van der Waals surface area (Å²) < 4.78 is 52.1. The van der Waals surface area contributed by atoms with Crippen LogP contribution >= 0.6 is 0 Å². The minimum atomic E-state index is -0.747. The van der Waals surface area contributed by atoms with E-state index in [0.29, 0.717) is 48.3 Å². The van der Waals surface area contributed by atoms with Crippen molar-refractivity contribution in [2.24, 2.45) is 5.92 Å². The Balaban J connectivity index is 1.18. The summed E-state index contributed by atoms with van der Waals surface area (Å²) in [5.74, 6) is 2.02. The molecule has 0 spiro atoms. The Kier molecular flexibility index (Phi) is 7.48. The van der Waals surface area contributed by atoms with Crippen molar-refractivity contribution < 1.29 is 23.0 Å². The number of aromatic hydroxyl groups is 1. The Morgan fingerprint density at radius 1 is 1.12 bits per heavy atom. The molecule has 11 heteroatoms. The summed E-state index contributed by atoms with van der Waals surface area (Å²) in [6, 6.07) is 5.86. The number of pyridine rings is 1. The van der Waals surface area contributed by atoms with Crippen LogP contribution in [0.4, 0.5) is 19.0 Å². The maximum absolute atomic E-state index is 17.1. The molecule has 1 saturated carbocycles. The van der Waals surface area contributed by atoms with Crippen molar-refractivity contribution in [3.63, 3.8) is 0 Å². The number of aromatic nitrogens is 3. The van der Waals surface area contributed by atoms with E-state index < -0.39 is 11.6 Å². The van der Waals surface area contributed by atoms with Crippen molar-refractivity contribution >= 4 is 27.5 Å². The van der Waals surface area contributed by atoms with Crippen LogP contribution in [0.1, 0.15) is 63.4 Å². The van der Waals surface area contributed by atoms with Crippen LogP contribution in [-0.2, 0) is 0 Å². The SMILES string of the molecule is C#Cc1c(F)ccc2cc(O)cc(-c3ncc4c(N5C[C@@H]6CC[C@](C7CCCC7)(C5)N6)nc(OC[C@@]56CCCN5C/C(=C/F)C6)nc4c3F)c12. The number of fused-ring (bicyclic) bond motifs is 5. The van der Waals surface area contributed by atoms with E-state index in [1.54, 1.807) is 6.20 Å². The van der Waals surface area contributed by atoms with E-state index in [9.17, 15) is 13.9 Å². The number of benzene rings is 2. The van der Waals surface area contributed by atoms with Gasteiger partial charge in [0.15, 0.2) is 5.82 Å². The molecular formula is C39H39F3N6O2. The van der Waals surface area contributed by atoms with Gasteiger partial charge in [-0.2, -0.15) is 9.97 Å². The number of nitrogens with zero attached hydrogens (tertiary/aromatic N) is 5. The maximum Gasteiger partial charge on any atom is 0.319 e. The van der Waals surface area contributed by atoms with Crippen LogP contribution in [0.5, 0.6) is 11.8 Å². The first-order valence-electron chi connectivity index (χ1n) is 17.8. The van der Waals surface area contributed by atoms with Gasteiger partial charge in [-0.05, 0) is 86.6 Å². The van der Waals surface area contributed by atoms with Crippen molar-refractivity contribution in [1.82, 2.24) is 25.2 Å². The average Bonchev–Trinajstić information content (AvgIpc) is 3.92. The number of hydrogen-bond donors (Lipinski definition) is 2. The normalized spacial score (nSPS) is 27.5. The van der Waals surface area contributed by atoms with E-state index in [1.165, 1.54) is 49.9 Å². The van der Waals surface area contributed by atoms with E-state index in [1.807, 2.05) is 0 Å². The second-order valence-electron chi connectivity index (χ2n) is 15.1. The lowest BCUT2D eigenvalue weighted by Gasteiger charge is -2.45. The highest BCUT2D eigenvalue weighted by Gasteiger charge is 2.51. The van der Waals surface area contributed by atoms with Gasteiger partial charge >= 0.3 is 6.01 Å². The lowest BCUT2D eigenvalue weighted by molar-refractivity contribution is 0.108. The predicted octanol–water partition coefficient (Wildman–Crippen LogP) is 6.78. The topological polar surface area (TPSA) is 86.6 Å². The van der Waals surface area contributed by atoms with Gasteiger partial charge in [-0.25, -0.2) is 13.2 Å². The van der Waals surface area contributed by atoms with Crippen LogP contribution in [0.25, 0.3) is 32.9 Å². The van der Waals surface area contributed by atoms with Crippen molar-refractivity contribution in [3.8, 4) is 35.4 Å². The molecule has 0 amide bonds. The van der Waals surface area contributed by atoms with Gasteiger partial charge < -0.3 is 20.1 Å². The molecule has 4 aliphatic heterocycles. The number of anilines is 1. The zero-order valence-electron chi connectivity index (χ0n) is 27.8. The van der Waals surface area contributed by atoms with Gasteiger partial charge in [-0.15, -0.1) is 6.42 Å². The number of rotatable bonds is 6. The third-order valence-electron chi connectivity index (χ3n) is 12.2. The number of halogens is 3. The van der Waals surface area contributed by atoms with Gasteiger partial charge in [0, 0.05) is 48.4 Å². The van der Waals surface area contributed by atoms with Crippen molar-refractivity contribution in [1.29, 1.82) is 0 Å². The predicted molar refractivity (Wildman–Crippen MR) is 186 cm³/mol. The van der Waals surface area contributed by atoms with Gasteiger partial charge in [0.05, 0.1) is 22.8 Å². The summed E-state index contributed by atoms with van der Waals surface area (Å²) in [4.78, 5) is 18.7. The maximum atomic E-state index is 17.1. The molecule has 2 aromatic carbocycles. The second-order valence-corrected chi connectivity index (χ2v) is 15.1. The first kappa shape index (κ1) is 31.6. The molecule has 3 atom stereocenters. The third kappa shape index (κ3) is 4.94. The average molecular weight is 681 g/mol. The largest absolute Gasteiger partial charge is 0.508 e. The quantitative estimate of drug-likeness (QED) is 0.216. The van der Waals surface area contributed by atoms with Crippen LogP contribution in [0, 0.1) is 29.9 Å². The molecule has 258 valence electrons. The molecule has 0 unspecified atom stereocenters. The molecule has 2 N–H and O–H groups in total. The molecule has 50 heavy (non-hydrogen) atoms. The summed E-state index contributed by atoms with van der Waals surface area (Å²) in [7, 11) is 0. The van der Waals surface area contributed by atoms with Crippen molar-refractivity contribution in [3.05, 3.63) is 59.6 Å². The van der Waals surface area contributed by atoms with Crippen LogP contribution in [0.3, 0.4) is 0 Å². The lowest BCUT2D eigenvalue weighted by atomic mass is 9.80. The Morgan fingerprint density at radius 3 is 2.80 bits per heavy atom. The number of ether oxygens (including phenoxy) is 1. The number of terminal acetylenes is 1. The zero-order valence-corrected chi connectivity index (χ0v) is 27.8. The molecule has 2 aromatic heterocycles. The number of piperazine rings is 1. The highest BCUT2D eigenvalue weighted by Crippen LogP contribution is 2.46. The Labute approximate surface area is 288 Å². The second kappa shape index (κ2) is 11.8. The Morgan fingerprint density at radius 2 is 1.98 bits per heavy atom. The number of hydrogen-bond acceptors (Lipinski definition) is 8. The van der Waals surface area contributed by atoms with Gasteiger partial charge in [0.2, 0.25) is 0 Å². The third-order valence-corrected chi connectivity index (χ3v) is 12.2. The molecule has 5 fully saturated rings. The molecule has 4 saturated heterocycles. The monoisotopic (exact) mass is 680 g/mol. The molecule has 0 radical (unpaired) electrons. The summed E-state index contributed by atoms with van der Waals surface area (Å²) in [5.41, 5.74) is 0.350. The fourth-order valence-corrected chi connectivity index (χ4v) is 9.93. The molecule has 5 aliphatic rings. The molecule has 6 heterocycles. The van der Waals surface area contributed by atoms with Gasteiger partial charge in [-0.3, -0.25) is 9.88 Å². The molecule has 2 bridgehead atoms. The summed E-state index contributed by atoms with van der Waals surface area (Å²) in [6.45, 7) is 3.10. The minimum absolute atomic E-state index is 0.0162. The number of phenolic OH excluding ortho intramolecular Hbond substituents is 1. The zero-order chi connectivity index (χ0) is 34.2. The molecular weight excluding hydrogens is 641 g/mol. The van der Waals surface area contributed by atoms with E-state index in [-0.39, 0.29) is 63.2 Å². The minimum Gasteiger partial charge on any atom is -0.508 e. The fraction of sp³-hybridized carbons (Fsp3) is 0.462. The van der Waals surface area contributed by atoms with Crippen LogP contribution in [0.2, 0.25) is 0 Å². The van der Waals surface area contributed by atoms with Crippen LogP contribution in [-0.4, -0.2) is 74.9 Å². The van der Waals surface area contributed by atoms with E-state index >= 15 is 4.39 Å². The van der Waals surface area contributed by atoms with Gasteiger partial charge in [-0.1, -0.05) is 24.8 Å². The van der Waals surface area contributed by atoms with Gasteiger partial charge in [0.25, 0.3) is 0 Å². The molecule has 4 aromatic rings. The Hall–Kier alpha value is -4.40. The number of nitrogens with one attached hydrogen (secondary N) is 1. The van der Waals surface area contributed by atoms with E-state index in [2.05, 4.69) is 31.0 Å².